The van der Waals surface area contributed by atoms with Gasteiger partial charge in [0, 0.05) is 12.8 Å². The first kappa shape index (κ1) is 56.1. The van der Waals surface area contributed by atoms with E-state index in [2.05, 4.69) is 23.6 Å². The maximum Gasteiger partial charge on any atom is 0.472 e. The summed E-state index contributed by atoms with van der Waals surface area (Å²) in [5.74, 6) is -1.11. The average molecular weight is 853 g/mol. The van der Waals surface area contributed by atoms with Gasteiger partial charge in [-0.1, -0.05) is 150 Å². The minimum absolute atomic E-state index is 0.0540. The molecule has 0 fully saturated rings. The molecule has 0 saturated heterocycles. The van der Waals surface area contributed by atoms with Gasteiger partial charge in [0.05, 0.1) is 32.0 Å². The summed E-state index contributed by atoms with van der Waals surface area (Å²) in [7, 11) is -4.67. The summed E-state index contributed by atoms with van der Waals surface area (Å²) >= 11 is 0. The highest BCUT2D eigenvalue weighted by molar-refractivity contribution is 7.47. The molecule has 0 aromatic heterocycles. The molecule has 0 aromatic rings. The molecule has 0 rings (SSSR count). The van der Waals surface area contributed by atoms with Gasteiger partial charge >= 0.3 is 19.8 Å². The molecule has 338 valence electrons. The van der Waals surface area contributed by atoms with E-state index in [1.807, 2.05) is 43.4 Å². The molecule has 0 amide bonds. The van der Waals surface area contributed by atoms with Crippen molar-refractivity contribution >= 4 is 19.8 Å². The van der Waals surface area contributed by atoms with Crippen LogP contribution in [0.15, 0.2) is 85.1 Å². The standard InChI is InChI=1S/C46H77O12P/c1-3-5-7-8-9-10-11-12-13-14-15-16-17-22-30-36-46(52)58-44(40-57-59(53,54)56-38-43(50)37-47)39-55-45(51)35-29-21-19-18-20-26-32-42(49)34-28-24-23-27-33-41(48)31-25-6-4-2/h6,12-13,19-21,23-28,33-34,41-44,47-50H,3-5,7-11,14-18,22,29-32,35-40H2,1-2H3,(H,53,54)/b13-12-,21-19-,24-23-,25-6-,26-20-,33-27+,34-28+/t41-,42+,43+,44-/m1/s1. The zero-order valence-corrected chi connectivity index (χ0v) is 36.8. The number of unbranched alkanes of at least 4 members (excludes halogenated alkanes) is 11. The van der Waals surface area contributed by atoms with E-state index in [0.717, 1.165) is 44.9 Å². The zero-order valence-electron chi connectivity index (χ0n) is 35.9. The first-order chi connectivity index (χ1) is 28.5. The summed E-state index contributed by atoms with van der Waals surface area (Å²) in [6.07, 6.45) is 40.5. The normalized spacial score (nSPS) is 15.7. The second-order valence-electron chi connectivity index (χ2n) is 14.4. The second kappa shape index (κ2) is 40.5. The van der Waals surface area contributed by atoms with Crippen molar-refractivity contribution in [1.82, 2.24) is 0 Å². The first-order valence-electron chi connectivity index (χ1n) is 21.8. The van der Waals surface area contributed by atoms with Gasteiger partial charge in [0.1, 0.15) is 12.7 Å². The molecule has 5 N–H and O–H groups in total. The molecule has 0 aliphatic heterocycles. The third kappa shape index (κ3) is 40.3. The number of hydrogen-bond donors (Lipinski definition) is 5. The monoisotopic (exact) mass is 853 g/mol. The van der Waals surface area contributed by atoms with Gasteiger partial charge in [0.15, 0.2) is 6.10 Å². The lowest BCUT2D eigenvalue weighted by Gasteiger charge is -2.20. The molecule has 0 aromatic carbocycles. The summed E-state index contributed by atoms with van der Waals surface area (Å²) in [4.78, 5) is 35.0. The molecule has 0 saturated carbocycles. The van der Waals surface area contributed by atoms with Crippen LogP contribution in [-0.2, 0) is 32.7 Å². The quantitative estimate of drug-likeness (QED) is 0.0130. The Balaban J connectivity index is 4.55. The van der Waals surface area contributed by atoms with Gasteiger partial charge in [0.25, 0.3) is 0 Å². The number of esters is 2. The van der Waals surface area contributed by atoms with E-state index in [4.69, 9.17) is 19.1 Å². The van der Waals surface area contributed by atoms with Gasteiger partial charge in [-0.2, -0.15) is 0 Å². The number of allylic oxidation sites excluding steroid dienone is 10. The van der Waals surface area contributed by atoms with E-state index in [9.17, 15) is 34.4 Å². The Hall–Kier alpha value is -2.93. The van der Waals surface area contributed by atoms with Crippen molar-refractivity contribution in [3.63, 3.8) is 0 Å². The molecule has 5 atom stereocenters. The number of aliphatic hydroxyl groups is 4. The van der Waals surface area contributed by atoms with Gasteiger partial charge in [0.2, 0.25) is 0 Å². The highest BCUT2D eigenvalue weighted by Gasteiger charge is 2.27. The van der Waals surface area contributed by atoms with Gasteiger partial charge in [-0.15, -0.1) is 0 Å². The largest absolute Gasteiger partial charge is 0.472 e. The van der Waals surface area contributed by atoms with Crippen LogP contribution in [0.5, 0.6) is 0 Å². The summed E-state index contributed by atoms with van der Waals surface area (Å²) in [5.41, 5.74) is 0. The molecule has 12 nitrogen and oxygen atoms in total. The van der Waals surface area contributed by atoms with E-state index in [1.54, 1.807) is 36.5 Å². The van der Waals surface area contributed by atoms with E-state index in [0.29, 0.717) is 32.1 Å². The molecular formula is C46H77O12P. The SMILES string of the molecule is CC/C=C\C[C@@H](O)/C=C/C=C\C=C\[C@@H](O)C/C=C\C/C=C\CCC(=O)OC[C@H](COP(=O)(O)OC[C@@H](O)CO)OC(=O)CCCCCCC/C=C\CCCCCCCC. The fourth-order valence-corrected chi connectivity index (χ4v) is 6.09. The second-order valence-corrected chi connectivity index (χ2v) is 15.8. The van der Waals surface area contributed by atoms with Crippen molar-refractivity contribution in [3.8, 4) is 0 Å². The van der Waals surface area contributed by atoms with Gasteiger partial charge in [-0.05, 0) is 64.2 Å². The molecular weight excluding hydrogens is 775 g/mol. The van der Waals surface area contributed by atoms with E-state index in [1.165, 1.54) is 38.5 Å². The van der Waals surface area contributed by atoms with Crippen LogP contribution in [0.25, 0.3) is 0 Å². The Morgan fingerprint density at radius 1 is 0.593 bits per heavy atom. The topological polar surface area (TPSA) is 189 Å². The van der Waals surface area contributed by atoms with Crippen molar-refractivity contribution < 1.29 is 58.0 Å². The van der Waals surface area contributed by atoms with Gasteiger partial charge < -0.3 is 34.8 Å². The number of aliphatic hydroxyl groups excluding tert-OH is 4. The fourth-order valence-electron chi connectivity index (χ4n) is 5.30. The fraction of sp³-hybridized carbons (Fsp3) is 0.652. The van der Waals surface area contributed by atoms with Gasteiger partial charge in [-0.3, -0.25) is 18.6 Å². The molecule has 59 heavy (non-hydrogen) atoms. The summed E-state index contributed by atoms with van der Waals surface area (Å²) in [6, 6.07) is 0. The van der Waals surface area contributed by atoms with E-state index in [-0.39, 0.29) is 12.8 Å². The maximum atomic E-state index is 12.6. The molecule has 0 heterocycles. The highest BCUT2D eigenvalue weighted by Crippen LogP contribution is 2.43. The number of phosphoric ester groups is 1. The average Bonchev–Trinajstić information content (AvgIpc) is 3.21. The van der Waals surface area contributed by atoms with Crippen molar-refractivity contribution in [1.29, 1.82) is 0 Å². The molecule has 0 radical (unpaired) electrons. The van der Waals surface area contributed by atoms with Crippen molar-refractivity contribution in [2.75, 3.05) is 26.4 Å². The molecule has 0 bridgehead atoms. The summed E-state index contributed by atoms with van der Waals surface area (Å²) in [6.45, 7) is 1.95. The van der Waals surface area contributed by atoms with Gasteiger partial charge in [-0.25, -0.2) is 4.57 Å². The first-order valence-corrected chi connectivity index (χ1v) is 23.3. The molecule has 13 heteroatoms. The number of ether oxygens (including phenoxy) is 2. The van der Waals surface area contributed by atoms with Crippen molar-refractivity contribution in [2.24, 2.45) is 0 Å². The Morgan fingerprint density at radius 3 is 1.75 bits per heavy atom. The van der Waals surface area contributed by atoms with E-state index >= 15 is 0 Å². The molecule has 1 unspecified atom stereocenters. The van der Waals surface area contributed by atoms with Crippen LogP contribution in [0.4, 0.5) is 0 Å². The number of rotatable bonds is 39. The van der Waals surface area contributed by atoms with Crippen LogP contribution in [0, 0.1) is 0 Å². The summed E-state index contributed by atoms with van der Waals surface area (Å²) < 4.78 is 32.6. The third-order valence-electron chi connectivity index (χ3n) is 8.71. The Bertz CT molecular complexity index is 1290. The lowest BCUT2D eigenvalue weighted by Crippen LogP contribution is -2.29. The van der Waals surface area contributed by atoms with Crippen LogP contribution < -0.4 is 0 Å². The minimum atomic E-state index is -4.67. The van der Waals surface area contributed by atoms with Crippen molar-refractivity contribution in [3.05, 3.63) is 85.1 Å². The third-order valence-corrected chi connectivity index (χ3v) is 9.66. The van der Waals surface area contributed by atoms with Crippen LogP contribution in [0.2, 0.25) is 0 Å². The molecule has 0 spiro atoms. The van der Waals surface area contributed by atoms with E-state index < -0.39 is 70.6 Å². The van der Waals surface area contributed by atoms with Crippen molar-refractivity contribution in [2.45, 2.75) is 167 Å². The number of carbonyl (C=O) groups is 2. The Morgan fingerprint density at radius 2 is 1.14 bits per heavy atom. The Labute approximate surface area is 355 Å². The number of phosphoric acid groups is 1. The van der Waals surface area contributed by atoms with Crippen LogP contribution in [-0.4, -0.2) is 88.1 Å². The Kier molecular flexibility index (Phi) is 38.5. The lowest BCUT2D eigenvalue weighted by atomic mass is 10.1. The minimum Gasteiger partial charge on any atom is -0.462 e. The maximum absolute atomic E-state index is 12.6. The number of carbonyl (C=O) groups excluding carboxylic acids is 2. The highest BCUT2D eigenvalue weighted by atomic mass is 31.2. The predicted octanol–water partition coefficient (Wildman–Crippen LogP) is 9.39. The van der Waals surface area contributed by atoms with Crippen LogP contribution in [0.3, 0.4) is 0 Å². The smallest absolute Gasteiger partial charge is 0.462 e. The molecule has 0 aliphatic rings. The lowest BCUT2D eigenvalue weighted by molar-refractivity contribution is -0.161. The zero-order chi connectivity index (χ0) is 43.7. The predicted molar refractivity (Wildman–Crippen MR) is 235 cm³/mol. The number of hydrogen-bond acceptors (Lipinski definition) is 11. The van der Waals surface area contributed by atoms with Crippen LogP contribution >= 0.6 is 7.82 Å². The summed E-state index contributed by atoms with van der Waals surface area (Å²) in [5, 5.41) is 38.3. The van der Waals surface area contributed by atoms with Crippen LogP contribution in [0.1, 0.15) is 142 Å². The molecule has 0 aliphatic carbocycles.